The predicted molar refractivity (Wildman–Crippen MR) is 75.6 cm³/mol. The van der Waals surface area contributed by atoms with Crippen molar-refractivity contribution >= 4 is 12.4 Å². The Labute approximate surface area is 109 Å². The Kier molecular flexibility index (Phi) is 5.75. The van der Waals surface area contributed by atoms with Crippen LogP contribution in [0.15, 0.2) is 60.7 Å². The molecule has 0 aliphatic heterocycles. The molecule has 0 aliphatic carbocycles. The minimum absolute atomic E-state index is 0. The summed E-state index contributed by atoms with van der Waals surface area (Å²) in [4.78, 5) is 0. The maximum Gasteiger partial charge on any atom is 0.000157 e. The van der Waals surface area contributed by atoms with E-state index in [4.69, 9.17) is 5.73 Å². The van der Waals surface area contributed by atoms with Gasteiger partial charge >= 0.3 is 0 Å². The van der Waals surface area contributed by atoms with Crippen molar-refractivity contribution in [3.63, 3.8) is 0 Å². The van der Waals surface area contributed by atoms with Gasteiger partial charge < -0.3 is 5.73 Å². The molecule has 0 fully saturated rings. The third kappa shape index (κ3) is 3.88. The molecular formula is C15H18ClN. The summed E-state index contributed by atoms with van der Waals surface area (Å²) < 4.78 is 0. The molecule has 1 nitrogen and oxygen atoms in total. The van der Waals surface area contributed by atoms with Gasteiger partial charge in [0.05, 0.1) is 0 Å². The van der Waals surface area contributed by atoms with Gasteiger partial charge in [-0.05, 0) is 24.1 Å². The predicted octanol–water partition coefficient (Wildman–Crippen LogP) is 3.39. The zero-order valence-electron chi connectivity index (χ0n) is 9.75. The fourth-order valence-corrected chi connectivity index (χ4v) is 1.96. The monoisotopic (exact) mass is 247 g/mol. The van der Waals surface area contributed by atoms with Gasteiger partial charge in [0.15, 0.2) is 0 Å². The van der Waals surface area contributed by atoms with Crippen LogP contribution in [0.5, 0.6) is 0 Å². The number of hydrogen-bond acceptors (Lipinski definition) is 1. The fourth-order valence-electron chi connectivity index (χ4n) is 1.96. The molecule has 2 N–H and O–H groups in total. The topological polar surface area (TPSA) is 26.0 Å². The van der Waals surface area contributed by atoms with E-state index in [0.717, 1.165) is 6.42 Å². The van der Waals surface area contributed by atoms with Crippen molar-refractivity contribution in [2.24, 2.45) is 5.73 Å². The number of rotatable bonds is 4. The lowest BCUT2D eigenvalue weighted by atomic mass is 9.92. The molecule has 0 aromatic heterocycles. The highest BCUT2D eigenvalue weighted by Crippen LogP contribution is 2.19. The van der Waals surface area contributed by atoms with Gasteiger partial charge in [-0.1, -0.05) is 60.7 Å². The summed E-state index contributed by atoms with van der Waals surface area (Å²) in [5.41, 5.74) is 8.53. The number of nitrogens with two attached hydrogens (primary N) is 1. The molecule has 0 bridgehead atoms. The van der Waals surface area contributed by atoms with Gasteiger partial charge in [0.1, 0.15) is 0 Å². The first-order chi connectivity index (χ1) is 7.90. The van der Waals surface area contributed by atoms with Crippen molar-refractivity contribution in [1.82, 2.24) is 0 Å². The van der Waals surface area contributed by atoms with Gasteiger partial charge in [0, 0.05) is 5.92 Å². The maximum atomic E-state index is 5.85. The van der Waals surface area contributed by atoms with E-state index in [1.807, 2.05) is 12.1 Å². The second-order valence-electron chi connectivity index (χ2n) is 4.03. The van der Waals surface area contributed by atoms with Crippen molar-refractivity contribution in [3.8, 4) is 0 Å². The zero-order chi connectivity index (χ0) is 11.2. The first-order valence-electron chi connectivity index (χ1n) is 5.69. The third-order valence-corrected chi connectivity index (χ3v) is 2.88. The zero-order valence-corrected chi connectivity index (χ0v) is 10.6. The molecule has 2 rings (SSSR count). The Hall–Kier alpha value is -1.31. The van der Waals surface area contributed by atoms with Gasteiger partial charge in [0.25, 0.3) is 0 Å². The lowest BCUT2D eigenvalue weighted by Gasteiger charge is -2.15. The second kappa shape index (κ2) is 7.10. The van der Waals surface area contributed by atoms with Crippen LogP contribution in [0.3, 0.4) is 0 Å². The molecule has 0 saturated carbocycles. The van der Waals surface area contributed by atoms with Crippen LogP contribution in [0.25, 0.3) is 0 Å². The first-order valence-corrected chi connectivity index (χ1v) is 5.69. The van der Waals surface area contributed by atoms with Crippen LogP contribution in [-0.4, -0.2) is 6.54 Å². The molecule has 17 heavy (non-hydrogen) atoms. The van der Waals surface area contributed by atoms with E-state index < -0.39 is 0 Å². The van der Waals surface area contributed by atoms with E-state index in [2.05, 4.69) is 48.5 Å². The smallest absolute Gasteiger partial charge is 0.000157 e. The molecule has 0 spiro atoms. The van der Waals surface area contributed by atoms with Crippen LogP contribution in [-0.2, 0) is 6.42 Å². The highest BCUT2D eigenvalue weighted by molar-refractivity contribution is 5.85. The van der Waals surface area contributed by atoms with E-state index in [1.165, 1.54) is 11.1 Å². The van der Waals surface area contributed by atoms with Gasteiger partial charge in [-0.15, -0.1) is 12.4 Å². The van der Waals surface area contributed by atoms with Gasteiger partial charge in [0.2, 0.25) is 0 Å². The summed E-state index contributed by atoms with van der Waals surface area (Å²) in [6.45, 7) is 0.693. The van der Waals surface area contributed by atoms with Crippen LogP contribution < -0.4 is 5.73 Å². The molecule has 0 radical (unpaired) electrons. The normalized spacial score (nSPS) is 11.6. The standard InChI is InChI=1S/C15H17N.ClH/c16-12-15(14-9-5-2-6-10-14)11-13-7-3-1-4-8-13;/h1-10,15H,11-12,16H2;1H. The van der Waals surface area contributed by atoms with Crippen LogP contribution in [0.2, 0.25) is 0 Å². The molecule has 0 aliphatic rings. The fraction of sp³-hybridized carbons (Fsp3) is 0.200. The Morgan fingerprint density at radius 3 is 1.88 bits per heavy atom. The summed E-state index contributed by atoms with van der Waals surface area (Å²) in [5, 5.41) is 0. The molecule has 90 valence electrons. The lowest BCUT2D eigenvalue weighted by molar-refractivity contribution is 0.694. The summed E-state index contributed by atoms with van der Waals surface area (Å²) in [5.74, 6) is 0.420. The van der Waals surface area contributed by atoms with E-state index in [-0.39, 0.29) is 12.4 Å². The van der Waals surface area contributed by atoms with Crippen molar-refractivity contribution < 1.29 is 0 Å². The van der Waals surface area contributed by atoms with E-state index in [9.17, 15) is 0 Å². The summed E-state index contributed by atoms with van der Waals surface area (Å²) in [6, 6.07) is 21.0. The average Bonchev–Trinajstić information content (AvgIpc) is 2.38. The van der Waals surface area contributed by atoms with E-state index in [0.29, 0.717) is 12.5 Å². The largest absolute Gasteiger partial charge is 0.330 e. The molecule has 0 saturated heterocycles. The van der Waals surface area contributed by atoms with Crippen molar-refractivity contribution in [1.29, 1.82) is 0 Å². The lowest BCUT2D eigenvalue weighted by Crippen LogP contribution is -2.14. The van der Waals surface area contributed by atoms with Gasteiger partial charge in [-0.3, -0.25) is 0 Å². The summed E-state index contributed by atoms with van der Waals surface area (Å²) in [7, 11) is 0. The highest BCUT2D eigenvalue weighted by Gasteiger charge is 2.09. The summed E-state index contributed by atoms with van der Waals surface area (Å²) >= 11 is 0. The second-order valence-corrected chi connectivity index (χ2v) is 4.03. The van der Waals surface area contributed by atoms with Gasteiger partial charge in [-0.25, -0.2) is 0 Å². The quantitative estimate of drug-likeness (QED) is 0.881. The number of benzene rings is 2. The minimum atomic E-state index is 0. The minimum Gasteiger partial charge on any atom is -0.330 e. The van der Waals surface area contributed by atoms with Crippen molar-refractivity contribution in [2.45, 2.75) is 12.3 Å². The Morgan fingerprint density at radius 1 is 0.824 bits per heavy atom. The number of hydrogen-bond donors (Lipinski definition) is 1. The highest BCUT2D eigenvalue weighted by atomic mass is 35.5. The third-order valence-electron chi connectivity index (χ3n) is 2.88. The van der Waals surface area contributed by atoms with E-state index in [1.54, 1.807) is 0 Å². The van der Waals surface area contributed by atoms with Crippen LogP contribution in [0.1, 0.15) is 17.0 Å². The Balaban J connectivity index is 0.00000144. The molecular weight excluding hydrogens is 230 g/mol. The average molecular weight is 248 g/mol. The first kappa shape index (κ1) is 13.8. The summed E-state index contributed by atoms with van der Waals surface area (Å²) in [6.07, 6.45) is 1.02. The number of halogens is 1. The van der Waals surface area contributed by atoms with Crippen LogP contribution >= 0.6 is 12.4 Å². The molecule has 2 aromatic carbocycles. The van der Waals surface area contributed by atoms with Crippen LogP contribution in [0.4, 0.5) is 0 Å². The van der Waals surface area contributed by atoms with Crippen molar-refractivity contribution in [3.05, 3.63) is 71.8 Å². The maximum absolute atomic E-state index is 5.85. The molecule has 2 heteroatoms. The molecule has 2 aromatic rings. The van der Waals surface area contributed by atoms with Crippen LogP contribution in [0, 0.1) is 0 Å². The molecule has 0 heterocycles. The Morgan fingerprint density at radius 2 is 1.35 bits per heavy atom. The molecule has 1 atom stereocenters. The molecule has 0 amide bonds. The molecule has 1 unspecified atom stereocenters. The van der Waals surface area contributed by atoms with Gasteiger partial charge in [-0.2, -0.15) is 0 Å². The SMILES string of the molecule is Cl.NCC(Cc1ccccc1)c1ccccc1. The van der Waals surface area contributed by atoms with Crippen molar-refractivity contribution in [2.75, 3.05) is 6.54 Å². The Bertz CT molecular complexity index is 413. The van der Waals surface area contributed by atoms with E-state index >= 15 is 0 Å².